The standard InChI is InChI=1S/C22H18N4OS/c27-21(13-16-5-2-1-3-6-16)24-18-7-4-8-19(14-18)25-22-26-20(15-28-22)17-9-11-23-12-10-17/h1-12,14-15H,13H2,(H,24,27)(H,25,26). The zero-order valence-electron chi connectivity index (χ0n) is 15.0. The molecule has 6 heteroatoms. The van der Waals surface area contributed by atoms with Gasteiger partial charge in [0.2, 0.25) is 5.91 Å². The Kier molecular flexibility index (Phi) is 5.40. The van der Waals surface area contributed by atoms with Gasteiger partial charge in [-0.05, 0) is 35.9 Å². The Balaban J connectivity index is 1.41. The van der Waals surface area contributed by atoms with Gasteiger partial charge in [-0.1, -0.05) is 36.4 Å². The Morgan fingerprint density at radius 1 is 0.929 bits per heavy atom. The Hall–Kier alpha value is -3.51. The maximum Gasteiger partial charge on any atom is 0.228 e. The molecule has 0 spiro atoms. The molecule has 0 aliphatic rings. The number of carbonyl (C=O) groups excluding carboxylic acids is 1. The van der Waals surface area contributed by atoms with Gasteiger partial charge in [0.05, 0.1) is 12.1 Å². The summed E-state index contributed by atoms with van der Waals surface area (Å²) < 4.78 is 0. The predicted molar refractivity (Wildman–Crippen MR) is 114 cm³/mol. The predicted octanol–water partition coefficient (Wildman–Crippen LogP) is 5.13. The molecule has 0 atom stereocenters. The second-order valence-electron chi connectivity index (χ2n) is 6.19. The third kappa shape index (κ3) is 4.61. The fraction of sp³-hybridized carbons (Fsp3) is 0.0455. The Morgan fingerprint density at radius 3 is 2.54 bits per heavy atom. The van der Waals surface area contributed by atoms with Crippen LogP contribution in [0.15, 0.2) is 84.5 Å². The van der Waals surface area contributed by atoms with Crippen molar-refractivity contribution in [2.75, 3.05) is 10.6 Å². The summed E-state index contributed by atoms with van der Waals surface area (Å²) in [6, 6.07) is 21.2. The Labute approximate surface area is 167 Å². The van der Waals surface area contributed by atoms with Gasteiger partial charge in [0.15, 0.2) is 5.13 Å². The number of aromatic nitrogens is 2. The lowest BCUT2D eigenvalue weighted by molar-refractivity contribution is -0.115. The largest absolute Gasteiger partial charge is 0.331 e. The fourth-order valence-electron chi connectivity index (χ4n) is 2.77. The highest BCUT2D eigenvalue weighted by atomic mass is 32.1. The van der Waals surface area contributed by atoms with E-state index in [9.17, 15) is 4.79 Å². The van der Waals surface area contributed by atoms with Crippen LogP contribution in [0.4, 0.5) is 16.5 Å². The first-order valence-corrected chi connectivity index (χ1v) is 9.71. The molecule has 0 unspecified atom stereocenters. The Bertz CT molecular complexity index is 1060. The van der Waals surface area contributed by atoms with Crippen LogP contribution in [0.5, 0.6) is 0 Å². The van der Waals surface area contributed by atoms with Gasteiger partial charge >= 0.3 is 0 Å². The SMILES string of the molecule is O=C(Cc1ccccc1)Nc1cccc(Nc2nc(-c3ccncc3)cs2)c1. The van der Waals surface area contributed by atoms with Gasteiger partial charge in [-0.3, -0.25) is 9.78 Å². The van der Waals surface area contributed by atoms with E-state index in [1.165, 1.54) is 11.3 Å². The normalized spacial score (nSPS) is 10.4. The van der Waals surface area contributed by atoms with Crippen LogP contribution in [-0.4, -0.2) is 15.9 Å². The molecule has 2 heterocycles. The van der Waals surface area contributed by atoms with Crippen molar-refractivity contribution in [3.8, 4) is 11.3 Å². The van der Waals surface area contributed by atoms with Crippen molar-refractivity contribution in [3.05, 3.63) is 90.1 Å². The lowest BCUT2D eigenvalue weighted by Gasteiger charge is -2.08. The van der Waals surface area contributed by atoms with Crippen LogP contribution >= 0.6 is 11.3 Å². The molecular formula is C22H18N4OS. The molecular weight excluding hydrogens is 368 g/mol. The van der Waals surface area contributed by atoms with Crippen molar-refractivity contribution < 1.29 is 4.79 Å². The minimum absolute atomic E-state index is 0.0439. The van der Waals surface area contributed by atoms with Crippen LogP contribution in [0.25, 0.3) is 11.3 Å². The van der Waals surface area contributed by atoms with E-state index in [1.54, 1.807) is 12.4 Å². The van der Waals surface area contributed by atoms with E-state index in [-0.39, 0.29) is 5.91 Å². The van der Waals surface area contributed by atoms with E-state index in [0.717, 1.165) is 33.3 Å². The molecule has 0 aliphatic heterocycles. The van der Waals surface area contributed by atoms with Crippen LogP contribution in [0.1, 0.15) is 5.56 Å². The van der Waals surface area contributed by atoms with Crippen molar-refractivity contribution in [2.45, 2.75) is 6.42 Å². The molecule has 1 amide bonds. The average molecular weight is 386 g/mol. The summed E-state index contributed by atoms with van der Waals surface area (Å²) in [7, 11) is 0. The number of anilines is 3. The van der Waals surface area contributed by atoms with E-state index < -0.39 is 0 Å². The summed E-state index contributed by atoms with van der Waals surface area (Å²) in [5, 5.41) is 9.04. The minimum Gasteiger partial charge on any atom is -0.331 e. The molecule has 0 saturated heterocycles. The van der Waals surface area contributed by atoms with Crippen LogP contribution in [-0.2, 0) is 11.2 Å². The summed E-state index contributed by atoms with van der Waals surface area (Å²) in [5.74, 6) is -0.0439. The first-order valence-electron chi connectivity index (χ1n) is 8.83. The van der Waals surface area contributed by atoms with Crippen LogP contribution in [0.2, 0.25) is 0 Å². The number of hydrogen-bond donors (Lipinski definition) is 2. The third-order valence-corrected chi connectivity index (χ3v) is 4.84. The second kappa shape index (κ2) is 8.45. The first-order chi connectivity index (χ1) is 13.8. The van der Waals surface area contributed by atoms with Crippen molar-refractivity contribution in [3.63, 3.8) is 0 Å². The molecule has 0 aliphatic carbocycles. The number of pyridine rings is 1. The second-order valence-corrected chi connectivity index (χ2v) is 7.05. The highest BCUT2D eigenvalue weighted by Gasteiger charge is 2.07. The maximum atomic E-state index is 12.3. The zero-order chi connectivity index (χ0) is 19.2. The third-order valence-electron chi connectivity index (χ3n) is 4.09. The molecule has 4 rings (SSSR count). The lowest BCUT2D eigenvalue weighted by Crippen LogP contribution is -2.14. The number of benzene rings is 2. The highest BCUT2D eigenvalue weighted by molar-refractivity contribution is 7.14. The summed E-state index contributed by atoms with van der Waals surface area (Å²) in [6.07, 6.45) is 3.85. The van der Waals surface area contributed by atoms with E-state index in [2.05, 4.69) is 20.6 Å². The van der Waals surface area contributed by atoms with Crippen molar-refractivity contribution in [1.29, 1.82) is 0 Å². The van der Waals surface area contributed by atoms with Gasteiger partial charge in [0.1, 0.15) is 0 Å². The van der Waals surface area contributed by atoms with Gasteiger partial charge in [-0.25, -0.2) is 4.98 Å². The number of nitrogens with zero attached hydrogens (tertiary/aromatic N) is 2. The van der Waals surface area contributed by atoms with Crippen LogP contribution < -0.4 is 10.6 Å². The van der Waals surface area contributed by atoms with Crippen molar-refractivity contribution in [2.24, 2.45) is 0 Å². The number of thiazole rings is 1. The molecule has 0 saturated carbocycles. The fourth-order valence-corrected chi connectivity index (χ4v) is 3.51. The van der Waals surface area contributed by atoms with E-state index in [0.29, 0.717) is 6.42 Å². The maximum absolute atomic E-state index is 12.3. The summed E-state index contributed by atoms with van der Waals surface area (Å²) in [4.78, 5) is 20.9. The summed E-state index contributed by atoms with van der Waals surface area (Å²) in [6.45, 7) is 0. The number of hydrogen-bond acceptors (Lipinski definition) is 5. The average Bonchev–Trinajstić information content (AvgIpc) is 3.18. The van der Waals surface area contributed by atoms with E-state index in [1.807, 2.05) is 72.1 Å². The van der Waals surface area contributed by atoms with Crippen LogP contribution in [0.3, 0.4) is 0 Å². The molecule has 2 aromatic heterocycles. The first kappa shape index (κ1) is 17.9. The van der Waals surface area contributed by atoms with Gasteiger partial charge < -0.3 is 10.6 Å². The van der Waals surface area contributed by atoms with E-state index >= 15 is 0 Å². The van der Waals surface area contributed by atoms with Gasteiger partial charge in [-0.15, -0.1) is 11.3 Å². The monoisotopic (exact) mass is 386 g/mol. The molecule has 0 radical (unpaired) electrons. The number of amides is 1. The molecule has 2 aromatic carbocycles. The molecule has 4 aromatic rings. The quantitative estimate of drug-likeness (QED) is 0.482. The molecule has 5 nitrogen and oxygen atoms in total. The summed E-state index contributed by atoms with van der Waals surface area (Å²) >= 11 is 1.53. The molecule has 138 valence electrons. The molecule has 0 bridgehead atoms. The van der Waals surface area contributed by atoms with Crippen molar-refractivity contribution >= 4 is 33.8 Å². The zero-order valence-corrected chi connectivity index (χ0v) is 15.8. The minimum atomic E-state index is -0.0439. The number of nitrogens with one attached hydrogen (secondary N) is 2. The highest BCUT2D eigenvalue weighted by Crippen LogP contribution is 2.27. The topological polar surface area (TPSA) is 66.9 Å². The molecule has 28 heavy (non-hydrogen) atoms. The summed E-state index contributed by atoms with van der Waals surface area (Å²) in [5.41, 5.74) is 4.54. The van der Waals surface area contributed by atoms with Gasteiger partial charge in [0.25, 0.3) is 0 Å². The molecule has 0 fully saturated rings. The number of carbonyl (C=O) groups is 1. The molecule has 2 N–H and O–H groups in total. The van der Waals surface area contributed by atoms with Gasteiger partial charge in [0, 0.05) is 34.7 Å². The van der Waals surface area contributed by atoms with Gasteiger partial charge in [-0.2, -0.15) is 0 Å². The van der Waals surface area contributed by atoms with Crippen LogP contribution in [0, 0.1) is 0 Å². The number of rotatable bonds is 6. The van der Waals surface area contributed by atoms with Crippen molar-refractivity contribution in [1.82, 2.24) is 9.97 Å². The Morgan fingerprint density at radius 2 is 1.71 bits per heavy atom. The smallest absolute Gasteiger partial charge is 0.228 e. The van der Waals surface area contributed by atoms with E-state index in [4.69, 9.17) is 0 Å². The lowest BCUT2D eigenvalue weighted by atomic mass is 10.1.